The van der Waals surface area contributed by atoms with Crippen LogP contribution in [-0.4, -0.2) is 18.4 Å². The molecule has 0 aliphatic carbocycles. The highest BCUT2D eigenvalue weighted by atomic mass is 32.1. The van der Waals surface area contributed by atoms with Crippen molar-refractivity contribution in [2.75, 3.05) is 6.61 Å². The maximum absolute atomic E-state index is 12.5. The van der Waals surface area contributed by atoms with Gasteiger partial charge in [-0.15, -0.1) is 11.3 Å². The molecule has 0 unspecified atom stereocenters. The SMILES string of the molecule is CCCCCCCCCCCCCOc1ccsc1C(=O)CC(=O)OCc1ccccc1. The Kier molecular flexibility index (Phi) is 13.5. The first-order chi connectivity index (χ1) is 15.7. The second kappa shape index (κ2) is 16.5. The van der Waals surface area contributed by atoms with E-state index < -0.39 is 5.97 Å². The molecular weight excluding hydrogens is 420 g/mol. The molecule has 0 radical (unpaired) electrons. The minimum absolute atomic E-state index is 0.180. The zero-order valence-electron chi connectivity index (χ0n) is 19.5. The fraction of sp³-hybridized carbons (Fsp3) is 0.556. The number of rotatable bonds is 18. The predicted molar refractivity (Wildman–Crippen MR) is 131 cm³/mol. The van der Waals surface area contributed by atoms with Crippen molar-refractivity contribution in [3.63, 3.8) is 0 Å². The molecular formula is C27H38O4S. The summed E-state index contributed by atoms with van der Waals surface area (Å²) in [5, 5.41) is 1.83. The van der Waals surface area contributed by atoms with Crippen molar-refractivity contribution in [3.8, 4) is 5.75 Å². The minimum Gasteiger partial charge on any atom is -0.492 e. The molecule has 0 aliphatic heterocycles. The maximum atomic E-state index is 12.5. The number of esters is 1. The molecule has 176 valence electrons. The molecule has 1 heterocycles. The maximum Gasteiger partial charge on any atom is 0.314 e. The molecule has 0 fully saturated rings. The third kappa shape index (κ3) is 10.9. The average molecular weight is 459 g/mol. The van der Waals surface area contributed by atoms with E-state index in [9.17, 15) is 9.59 Å². The topological polar surface area (TPSA) is 52.6 Å². The first kappa shape index (κ1) is 26.1. The summed E-state index contributed by atoms with van der Waals surface area (Å²) in [5.74, 6) is -0.168. The monoisotopic (exact) mass is 458 g/mol. The van der Waals surface area contributed by atoms with Gasteiger partial charge in [0.05, 0.1) is 6.61 Å². The molecule has 1 aromatic carbocycles. The van der Waals surface area contributed by atoms with Gasteiger partial charge in [0.15, 0.2) is 5.78 Å². The number of carbonyl (C=O) groups excluding carboxylic acids is 2. The van der Waals surface area contributed by atoms with Crippen LogP contribution in [0.5, 0.6) is 5.75 Å². The molecule has 4 nitrogen and oxygen atoms in total. The fourth-order valence-electron chi connectivity index (χ4n) is 3.56. The van der Waals surface area contributed by atoms with Crippen LogP contribution < -0.4 is 4.74 Å². The lowest BCUT2D eigenvalue weighted by Crippen LogP contribution is -2.11. The third-order valence-corrected chi connectivity index (χ3v) is 6.37. The Balaban J connectivity index is 1.56. The lowest BCUT2D eigenvalue weighted by atomic mass is 10.1. The van der Waals surface area contributed by atoms with Crippen molar-refractivity contribution in [2.24, 2.45) is 0 Å². The largest absolute Gasteiger partial charge is 0.492 e. The van der Waals surface area contributed by atoms with Crippen molar-refractivity contribution in [1.29, 1.82) is 0 Å². The van der Waals surface area contributed by atoms with E-state index in [0.717, 1.165) is 18.4 Å². The summed E-state index contributed by atoms with van der Waals surface area (Å²) in [4.78, 5) is 25.0. The zero-order valence-corrected chi connectivity index (χ0v) is 20.3. The number of carbonyl (C=O) groups is 2. The van der Waals surface area contributed by atoms with Gasteiger partial charge in [-0.2, -0.15) is 0 Å². The number of Topliss-reactive ketones (excluding diaryl/α,β-unsaturated/α-hetero) is 1. The van der Waals surface area contributed by atoms with Crippen LogP contribution in [0.25, 0.3) is 0 Å². The van der Waals surface area contributed by atoms with Gasteiger partial charge >= 0.3 is 5.97 Å². The van der Waals surface area contributed by atoms with E-state index >= 15 is 0 Å². The zero-order chi connectivity index (χ0) is 22.9. The van der Waals surface area contributed by atoms with Crippen LogP contribution in [0.2, 0.25) is 0 Å². The summed E-state index contributed by atoms with van der Waals surface area (Å²) >= 11 is 1.32. The van der Waals surface area contributed by atoms with E-state index in [2.05, 4.69) is 6.92 Å². The number of ether oxygens (including phenoxy) is 2. The van der Waals surface area contributed by atoms with Gasteiger partial charge in [0.25, 0.3) is 0 Å². The number of benzene rings is 1. The number of hydrogen-bond acceptors (Lipinski definition) is 5. The van der Waals surface area contributed by atoms with Gasteiger partial charge in [0.2, 0.25) is 0 Å². The van der Waals surface area contributed by atoms with E-state index in [0.29, 0.717) is 17.2 Å². The highest BCUT2D eigenvalue weighted by Crippen LogP contribution is 2.27. The summed E-state index contributed by atoms with van der Waals surface area (Å²) in [6.07, 6.45) is 13.9. The Labute approximate surface area is 197 Å². The van der Waals surface area contributed by atoms with E-state index in [-0.39, 0.29) is 18.8 Å². The molecule has 0 saturated heterocycles. The molecule has 0 N–H and O–H groups in total. The summed E-state index contributed by atoms with van der Waals surface area (Å²) < 4.78 is 11.0. The Morgan fingerprint density at radius 1 is 0.812 bits per heavy atom. The first-order valence-electron chi connectivity index (χ1n) is 12.1. The van der Waals surface area contributed by atoms with Gasteiger partial charge in [-0.05, 0) is 23.4 Å². The van der Waals surface area contributed by atoms with Crippen LogP contribution in [0.1, 0.15) is 99.2 Å². The summed E-state index contributed by atoms with van der Waals surface area (Å²) in [6, 6.07) is 11.3. The highest BCUT2D eigenvalue weighted by molar-refractivity contribution is 7.12. The average Bonchev–Trinajstić information content (AvgIpc) is 3.28. The lowest BCUT2D eigenvalue weighted by Gasteiger charge is -2.08. The third-order valence-electron chi connectivity index (χ3n) is 5.44. The molecule has 0 aliphatic rings. The number of unbranched alkanes of at least 4 members (excludes halogenated alkanes) is 10. The van der Waals surface area contributed by atoms with Gasteiger partial charge in [0, 0.05) is 0 Å². The molecule has 1 aromatic heterocycles. The Morgan fingerprint density at radius 3 is 2.09 bits per heavy atom. The van der Waals surface area contributed by atoms with Gasteiger partial charge in [-0.3, -0.25) is 9.59 Å². The fourth-order valence-corrected chi connectivity index (χ4v) is 4.34. The molecule has 0 spiro atoms. The van der Waals surface area contributed by atoms with Crippen LogP contribution in [0.4, 0.5) is 0 Å². The van der Waals surface area contributed by atoms with E-state index in [1.807, 2.05) is 41.8 Å². The van der Waals surface area contributed by atoms with E-state index in [4.69, 9.17) is 9.47 Å². The molecule has 5 heteroatoms. The summed E-state index contributed by atoms with van der Waals surface area (Å²) in [6.45, 7) is 3.04. The van der Waals surface area contributed by atoms with Gasteiger partial charge in [-0.1, -0.05) is 101 Å². The van der Waals surface area contributed by atoms with Crippen LogP contribution in [-0.2, 0) is 16.1 Å². The van der Waals surface area contributed by atoms with Gasteiger partial charge in [-0.25, -0.2) is 0 Å². The standard InChI is InChI=1S/C27H38O4S/c1-2-3-4-5-6-7-8-9-10-11-15-19-30-25-18-20-32-27(25)24(28)21-26(29)31-22-23-16-13-12-14-17-23/h12-14,16-18,20H,2-11,15,19,21-22H2,1H3. The van der Waals surface area contributed by atoms with E-state index in [1.165, 1.54) is 69.1 Å². The van der Waals surface area contributed by atoms with E-state index in [1.54, 1.807) is 0 Å². The van der Waals surface area contributed by atoms with Crippen molar-refractivity contribution in [3.05, 3.63) is 52.2 Å². The Bertz CT molecular complexity index is 769. The van der Waals surface area contributed by atoms with Gasteiger partial charge in [0.1, 0.15) is 23.7 Å². The van der Waals surface area contributed by atoms with Crippen LogP contribution in [0.3, 0.4) is 0 Å². The van der Waals surface area contributed by atoms with Crippen molar-refractivity contribution >= 4 is 23.1 Å². The molecule has 32 heavy (non-hydrogen) atoms. The van der Waals surface area contributed by atoms with Crippen LogP contribution in [0, 0.1) is 0 Å². The molecule has 0 amide bonds. The predicted octanol–water partition coefficient (Wildman–Crippen LogP) is 7.75. The Morgan fingerprint density at radius 2 is 1.44 bits per heavy atom. The quantitative estimate of drug-likeness (QED) is 0.0991. The summed E-state index contributed by atoms with van der Waals surface area (Å²) in [7, 11) is 0. The molecule has 0 bridgehead atoms. The van der Waals surface area contributed by atoms with Crippen molar-refractivity contribution in [2.45, 2.75) is 90.6 Å². The first-order valence-corrected chi connectivity index (χ1v) is 13.0. The number of thiophene rings is 1. The number of hydrogen-bond donors (Lipinski definition) is 0. The van der Waals surface area contributed by atoms with Crippen molar-refractivity contribution in [1.82, 2.24) is 0 Å². The van der Waals surface area contributed by atoms with Crippen LogP contribution in [0.15, 0.2) is 41.8 Å². The summed E-state index contributed by atoms with van der Waals surface area (Å²) in [5.41, 5.74) is 0.903. The molecule has 0 saturated carbocycles. The van der Waals surface area contributed by atoms with Crippen LogP contribution >= 0.6 is 11.3 Å². The Hall–Kier alpha value is -2.14. The molecule has 2 rings (SSSR count). The minimum atomic E-state index is -0.511. The molecule has 2 aromatic rings. The second-order valence-corrected chi connectivity index (χ2v) is 9.16. The lowest BCUT2D eigenvalue weighted by molar-refractivity contribution is -0.143. The molecule has 0 atom stereocenters. The second-order valence-electron chi connectivity index (χ2n) is 8.24. The van der Waals surface area contributed by atoms with Crippen molar-refractivity contribution < 1.29 is 19.1 Å². The highest BCUT2D eigenvalue weighted by Gasteiger charge is 2.19. The number of ketones is 1. The van der Waals surface area contributed by atoms with Gasteiger partial charge < -0.3 is 9.47 Å². The smallest absolute Gasteiger partial charge is 0.314 e. The normalized spacial score (nSPS) is 10.8.